The lowest BCUT2D eigenvalue weighted by atomic mass is 10.1. The number of nitrogens with zero attached hydrogens (tertiary/aromatic N) is 1. The number of ether oxygens (including phenoxy) is 3. The predicted octanol–water partition coefficient (Wildman–Crippen LogP) is 5.12. The van der Waals surface area contributed by atoms with Crippen molar-refractivity contribution in [3.05, 3.63) is 66.2 Å². The Morgan fingerprint density at radius 1 is 0.906 bits per heavy atom. The summed E-state index contributed by atoms with van der Waals surface area (Å²) >= 11 is 0. The van der Waals surface area contributed by atoms with Crippen molar-refractivity contribution in [1.82, 2.24) is 0 Å². The second-order valence-corrected chi connectivity index (χ2v) is 6.98. The standard InChI is InChI=1S/C24H23N3O5/c1-4-27-18-7-5-6-8-20(18)32-19-11-9-15(13-17(19)23(27)28)25-24(29)26-16-10-12-21(30-2)22(14-16)31-3/h5-14H,4H2,1-3H3,(H2,25,26,29). The van der Waals surface area contributed by atoms with Crippen LogP contribution in [0.15, 0.2) is 60.7 Å². The average Bonchev–Trinajstić information content (AvgIpc) is 2.92. The number of rotatable bonds is 5. The van der Waals surface area contributed by atoms with Crippen LogP contribution in [0.5, 0.6) is 23.0 Å². The van der Waals surface area contributed by atoms with Gasteiger partial charge in [-0.3, -0.25) is 4.79 Å². The topological polar surface area (TPSA) is 89.1 Å². The quantitative estimate of drug-likeness (QED) is 0.583. The fourth-order valence-electron chi connectivity index (χ4n) is 3.52. The van der Waals surface area contributed by atoms with Gasteiger partial charge in [0.2, 0.25) is 0 Å². The summed E-state index contributed by atoms with van der Waals surface area (Å²) in [5.74, 6) is 1.90. The number of hydrogen-bond donors (Lipinski definition) is 2. The van der Waals surface area contributed by atoms with Gasteiger partial charge in [0.15, 0.2) is 17.2 Å². The molecule has 0 radical (unpaired) electrons. The van der Waals surface area contributed by atoms with Gasteiger partial charge in [0.25, 0.3) is 5.91 Å². The van der Waals surface area contributed by atoms with Crippen LogP contribution in [0, 0.1) is 0 Å². The zero-order valence-electron chi connectivity index (χ0n) is 18.0. The molecule has 8 heteroatoms. The molecule has 1 aliphatic heterocycles. The molecule has 3 aromatic rings. The van der Waals surface area contributed by atoms with E-state index in [0.29, 0.717) is 52.2 Å². The third-order valence-electron chi connectivity index (χ3n) is 5.05. The van der Waals surface area contributed by atoms with E-state index in [4.69, 9.17) is 14.2 Å². The maximum atomic E-state index is 13.2. The highest BCUT2D eigenvalue weighted by atomic mass is 16.5. The first-order valence-corrected chi connectivity index (χ1v) is 10.1. The third kappa shape index (κ3) is 4.02. The summed E-state index contributed by atoms with van der Waals surface area (Å²) in [5.41, 5.74) is 2.06. The number of methoxy groups -OCH3 is 2. The van der Waals surface area contributed by atoms with Crippen molar-refractivity contribution in [3.8, 4) is 23.0 Å². The molecule has 0 aliphatic carbocycles. The molecule has 1 heterocycles. The van der Waals surface area contributed by atoms with Crippen LogP contribution in [0.4, 0.5) is 21.9 Å². The first-order valence-electron chi connectivity index (χ1n) is 10.1. The number of para-hydroxylation sites is 2. The zero-order valence-corrected chi connectivity index (χ0v) is 18.0. The molecule has 32 heavy (non-hydrogen) atoms. The summed E-state index contributed by atoms with van der Waals surface area (Å²) in [7, 11) is 3.06. The van der Waals surface area contributed by atoms with Gasteiger partial charge in [0.05, 0.1) is 25.5 Å². The van der Waals surface area contributed by atoms with E-state index in [0.717, 1.165) is 0 Å². The molecule has 3 amide bonds. The van der Waals surface area contributed by atoms with E-state index < -0.39 is 6.03 Å². The van der Waals surface area contributed by atoms with Gasteiger partial charge in [-0.25, -0.2) is 4.79 Å². The molecule has 164 valence electrons. The summed E-state index contributed by atoms with van der Waals surface area (Å²) < 4.78 is 16.5. The Hall–Kier alpha value is -4.20. The van der Waals surface area contributed by atoms with Crippen LogP contribution in [0.2, 0.25) is 0 Å². The van der Waals surface area contributed by atoms with Crippen molar-refractivity contribution in [3.63, 3.8) is 0 Å². The van der Waals surface area contributed by atoms with Gasteiger partial charge in [-0.2, -0.15) is 0 Å². The van der Waals surface area contributed by atoms with Crippen molar-refractivity contribution in [1.29, 1.82) is 0 Å². The van der Waals surface area contributed by atoms with E-state index in [9.17, 15) is 9.59 Å². The van der Waals surface area contributed by atoms with Crippen LogP contribution >= 0.6 is 0 Å². The van der Waals surface area contributed by atoms with Crippen molar-refractivity contribution in [2.75, 3.05) is 36.3 Å². The number of benzene rings is 3. The summed E-state index contributed by atoms with van der Waals surface area (Å²) in [4.78, 5) is 27.4. The molecule has 0 atom stereocenters. The smallest absolute Gasteiger partial charge is 0.323 e. The normalized spacial score (nSPS) is 12.1. The molecule has 1 aliphatic rings. The first kappa shape index (κ1) is 21.0. The Kier molecular flexibility index (Phi) is 5.85. The summed E-state index contributed by atoms with van der Waals surface area (Å²) in [6.07, 6.45) is 0. The highest BCUT2D eigenvalue weighted by molar-refractivity contribution is 6.10. The number of anilines is 3. The van der Waals surface area contributed by atoms with Gasteiger partial charge < -0.3 is 29.7 Å². The van der Waals surface area contributed by atoms with Crippen LogP contribution in [0.3, 0.4) is 0 Å². The molecule has 0 fully saturated rings. The molecular weight excluding hydrogens is 410 g/mol. The minimum Gasteiger partial charge on any atom is -0.493 e. The number of fused-ring (bicyclic) bond motifs is 2. The van der Waals surface area contributed by atoms with Gasteiger partial charge in [0.1, 0.15) is 5.75 Å². The van der Waals surface area contributed by atoms with E-state index >= 15 is 0 Å². The number of nitrogens with one attached hydrogen (secondary N) is 2. The third-order valence-corrected chi connectivity index (χ3v) is 5.05. The van der Waals surface area contributed by atoms with Crippen LogP contribution in [-0.2, 0) is 0 Å². The number of amides is 3. The lowest BCUT2D eigenvalue weighted by molar-refractivity contribution is 0.0988. The maximum absolute atomic E-state index is 13.2. The lowest BCUT2D eigenvalue weighted by Gasteiger charge is -2.19. The Morgan fingerprint density at radius 3 is 2.31 bits per heavy atom. The molecule has 0 saturated carbocycles. The van der Waals surface area contributed by atoms with Gasteiger partial charge in [0, 0.05) is 24.0 Å². The first-order chi connectivity index (χ1) is 15.5. The fourth-order valence-corrected chi connectivity index (χ4v) is 3.52. The predicted molar refractivity (Wildman–Crippen MR) is 122 cm³/mol. The molecule has 2 N–H and O–H groups in total. The number of hydrogen-bond acceptors (Lipinski definition) is 5. The van der Waals surface area contributed by atoms with E-state index in [1.54, 1.807) is 48.4 Å². The molecule has 3 aromatic carbocycles. The largest absolute Gasteiger partial charge is 0.493 e. The van der Waals surface area contributed by atoms with Crippen LogP contribution in [0.25, 0.3) is 0 Å². The zero-order chi connectivity index (χ0) is 22.7. The molecule has 0 saturated heterocycles. The summed E-state index contributed by atoms with van der Waals surface area (Å²) in [6.45, 7) is 2.38. The molecule has 0 unspecified atom stereocenters. The van der Waals surface area contributed by atoms with E-state index in [2.05, 4.69) is 10.6 Å². The maximum Gasteiger partial charge on any atom is 0.323 e. The second-order valence-electron chi connectivity index (χ2n) is 6.98. The monoisotopic (exact) mass is 433 g/mol. The summed E-state index contributed by atoms with van der Waals surface area (Å²) in [6, 6.07) is 16.9. The molecule has 0 aromatic heterocycles. The second kappa shape index (κ2) is 8.89. The van der Waals surface area contributed by atoms with Crippen molar-refractivity contribution in [2.24, 2.45) is 0 Å². The number of urea groups is 1. The van der Waals surface area contributed by atoms with Gasteiger partial charge in [-0.15, -0.1) is 0 Å². The Morgan fingerprint density at radius 2 is 1.59 bits per heavy atom. The highest BCUT2D eigenvalue weighted by Gasteiger charge is 2.27. The van der Waals surface area contributed by atoms with Gasteiger partial charge in [-0.1, -0.05) is 12.1 Å². The Balaban J connectivity index is 1.55. The van der Waals surface area contributed by atoms with Gasteiger partial charge >= 0.3 is 6.03 Å². The van der Waals surface area contributed by atoms with Crippen LogP contribution < -0.4 is 29.7 Å². The Bertz CT molecular complexity index is 1180. The van der Waals surface area contributed by atoms with Crippen molar-refractivity contribution >= 4 is 29.0 Å². The SMILES string of the molecule is CCN1C(=O)c2cc(NC(=O)Nc3ccc(OC)c(OC)c3)ccc2Oc2ccccc21. The average molecular weight is 433 g/mol. The van der Waals surface area contributed by atoms with E-state index in [1.807, 2.05) is 31.2 Å². The number of carbonyl (C=O) groups is 2. The van der Waals surface area contributed by atoms with Crippen molar-refractivity contribution in [2.45, 2.75) is 6.92 Å². The van der Waals surface area contributed by atoms with Crippen LogP contribution in [0.1, 0.15) is 17.3 Å². The highest BCUT2D eigenvalue weighted by Crippen LogP contribution is 2.39. The number of carbonyl (C=O) groups excluding carboxylic acids is 2. The van der Waals surface area contributed by atoms with Crippen molar-refractivity contribution < 1.29 is 23.8 Å². The lowest BCUT2D eigenvalue weighted by Crippen LogP contribution is -2.29. The summed E-state index contributed by atoms with van der Waals surface area (Å²) in [5, 5.41) is 5.50. The molecular formula is C24H23N3O5. The fraction of sp³-hybridized carbons (Fsp3) is 0.167. The van der Waals surface area contributed by atoms with Gasteiger partial charge in [-0.05, 0) is 49.4 Å². The minimum absolute atomic E-state index is 0.198. The molecule has 0 bridgehead atoms. The van der Waals surface area contributed by atoms with E-state index in [-0.39, 0.29) is 5.91 Å². The Labute approximate surface area is 185 Å². The van der Waals surface area contributed by atoms with Crippen LogP contribution in [-0.4, -0.2) is 32.7 Å². The molecule has 4 rings (SSSR count). The molecule has 8 nitrogen and oxygen atoms in total. The molecule has 0 spiro atoms. The minimum atomic E-state index is -0.463. The van der Waals surface area contributed by atoms with E-state index in [1.165, 1.54) is 7.11 Å².